The van der Waals surface area contributed by atoms with Gasteiger partial charge in [0.15, 0.2) is 0 Å². The van der Waals surface area contributed by atoms with Crippen molar-refractivity contribution >= 4 is 28.3 Å². The van der Waals surface area contributed by atoms with Crippen molar-refractivity contribution in [3.05, 3.63) is 35.4 Å². The molecule has 0 unspecified atom stereocenters. The van der Waals surface area contributed by atoms with Gasteiger partial charge in [-0.25, -0.2) is 8.42 Å². The molecule has 9 heteroatoms. The fraction of sp³-hybridized carbons (Fsp3) is 0.562. The van der Waals surface area contributed by atoms with Crippen LogP contribution in [0.2, 0.25) is 0 Å². The summed E-state index contributed by atoms with van der Waals surface area (Å²) in [5.41, 5.74) is 1.57. The van der Waals surface area contributed by atoms with E-state index >= 15 is 0 Å². The molecule has 7 nitrogen and oxygen atoms in total. The monoisotopic (exact) mass is 389 g/mol. The van der Waals surface area contributed by atoms with Gasteiger partial charge in [-0.2, -0.15) is 4.31 Å². The SMILES string of the molecule is Cl.O=C(NCc1ccccc1CS(=O)(=O)N1CCOCC1)C1CNC1. The van der Waals surface area contributed by atoms with E-state index in [2.05, 4.69) is 10.6 Å². The van der Waals surface area contributed by atoms with Gasteiger partial charge in [0.1, 0.15) is 0 Å². The van der Waals surface area contributed by atoms with E-state index < -0.39 is 10.0 Å². The molecule has 0 atom stereocenters. The summed E-state index contributed by atoms with van der Waals surface area (Å²) in [6.07, 6.45) is 0. The van der Waals surface area contributed by atoms with Crippen LogP contribution in [0.3, 0.4) is 0 Å². The van der Waals surface area contributed by atoms with Gasteiger partial charge in [0.05, 0.1) is 24.9 Å². The van der Waals surface area contributed by atoms with Gasteiger partial charge in [0, 0.05) is 32.7 Å². The second kappa shape index (κ2) is 8.95. The highest BCUT2D eigenvalue weighted by atomic mass is 35.5. The molecule has 0 aliphatic carbocycles. The van der Waals surface area contributed by atoms with Crippen LogP contribution in [0, 0.1) is 5.92 Å². The van der Waals surface area contributed by atoms with Crippen molar-refractivity contribution in [2.75, 3.05) is 39.4 Å². The van der Waals surface area contributed by atoms with E-state index in [1.807, 2.05) is 24.3 Å². The lowest BCUT2D eigenvalue weighted by atomic mass is 10.0. The number of sulfonamides is 1. The maximum atomic E-state index is 12.6. The van der Waals surface area contributed by atoms with Gasteiger partial charge in [-0.15, -0.1) is 12.4 Å². The summed E-state index contributed by atoms with van der Waals surface area (Å²) in [6, 6.07) is 7.36. The topological polar surface area (TPSA) is 87.7 Å². The lowest BCUT2D eigenvalue weighted by Crippen LogP contribution is -2.50. The Hall–Kier alpha value is -1.19. The molecule has 2 aliphatic rings. The normalized spacial score (nSPS) is 18.9. The lowest BCUT2D eigenvalue weighted by molar-refractivity contribution is -0.126. The predicted molar refractivity (Wildman–Crippen MR) is 96.9 cm³/mol. The minimum atomic E-state index is -3.38. The van der Waals surface area contributed by atoms with Crippen molar-refractivity contribution in [2.45, 2.75) is 12.3 Å². The number of carbonyl (C=O) groups excluding carboxylic acids is 1. The Balaban J connectivity index is 0.00000225. The number of hydrogen-bond donors (Lipinski definition) is 2. The van der Waals surface area contributed by atoms with Crippen molar-refractivity contribution in [3.8, 4) is 0 Å². The van der Waals surface area contributed by atoms with E-state index in [4.69, 9.17) is 4.74 Å². The third-order valence-corrected chi connectivity index (χ3v) is 6.25. The quantitative estimate of drug-likeness (QED) is 0.720. The molecular weight excluding hydrogens is 366 g/mol. The number of carbonyl (C=O) groups is 1. The largest absolute Gasteiger partial charge is 0.379 e. The molecule has 3 rings (SSSR count). The van der Waals surface area contributed by atoms with Gasteiger partial charge >= 0.3 is 0 Å². The van der Waals surface area contributed by atoms with Crippen LogP contribution in [0.5, 0.6) is 0 Å². The second-order valence-electron chi connectivity index (χ2n) is 6.11. The highest BCUT2D eigenvalue weighted by Crippen LogP contribution is 2.17. The molecule has 1 aromatic carbocycles. The fourth-order valence-corrected chi connectivity index (χ4v) is 4.35. The molecular formula is C16H24ClN3O4S. The van der Waals surface area contributed by atoms with E-state index in [9.17, 15) is 13.2 Å². The average molecular weight is 390 g/mol. The number of morpholine rings is 1. The van der Waals surface area contributed by atoms with Crippen molar-refractivity contribution in [1.82, 2.24) is 14.9 Å². The van der Waals surface area contributed by atoms with Crippen molar-refractivity contribution in [1.29, 1.82) is 0 Å². The van der Waals surface area contributed by atoms with Crippen LogP contribution in [0.4, 0.5) is 0 Å². The van der Waals surface area contributed by atoms with Gasteiger partial charge in [0.25, 0.3) is 0 Å². The molecule has 0 saturated carbocycles. The van der Waals surface area contributed by atoms with Gasteiger partial charge in [0.2, 0.25) is 15.9 Å². The number of hydrogen-bond acceptors (Lipinski definition) is 5. The van der Waals surface area contributed by atoms with E-state index in [1.54, 1.807) is 0 Å². The van der Waals surface area contributed by atoms with E-state index in [1.165, 1.54) is 4.31 Å². The molecule has 1 aromatic rings. The smallest absolute Gasteiger partial charge is 0.225 e. The molecule has 0 bridgehead atoms. The predicted octanol–water partition coefficient (Wildman–Crippen LogP) is 0.106. The minimum absolute atomic E-state index is 0. The fourth-order valence-electron chi connectivity index (χ4n) is 2.78. The summed E-state index contributed by atoms with van der Waals surface area (Å²) in [7, 11) is -3.38. The molecule has 0 aromatic heterocycles. The Labute approximate surface area is 154 Å². The van der Waals surface area contributed by atoms with Crippen LogP contribution in [0.1, 0.15) is 11.1 Å². The van der Waals surface area contributed by atoms with E-state index in [0.29, 0.717) is 45.9 Å². The summed E-state index contributed by atoms with van der Waals surface area (Å²) >= 11 is 0. The Morgan fingerprint density at radius 1 is 1.20 bits per heavy atom. The van der Waals surface area contributed by atoms with Crippen LogP contribution in [-0.2, 0) is 31.9 Å². The van der Waals surface area contributed by atoms with Crippen molar-refractivity contribution < 1.29 is 17.9 Å². The number of amides is 1. The number of nitrogens with zero attached hydrogens (tertiary/aromatic N) is 1. The first kappa shape index (κ1) is 20.1. The first-order valence-electron chi connectivity index (χ1n) is 8.17. The molecule has 0 spiro atoms. The van der Waals surface area contributed by atoms with E-state index in [-0.39, 0.29) is 30.0 Å². The van der Waals surface area contributed by atoms with Crippen LogP contribution in [0.25, 0.3) is 0 Å². The highest BCUT2D eigenvalue weighted by Gasteiger charge is 2.26. The summed E-state index contributed by atoms with van der Waals surface area (Å²) < 4.78 is 31.9. The molecule has 2 saturated heterocycles. The van der Waals surface area contributed by atoms with Crippen LogP contribution >= 0.6 is 12.4 Å². The van der Waals surface area contributed by atoms with Gasteiger partial charge in [-0.1, -0.05) is 24.3 Å². The Bertz CT molecular complexity index is 688. The zero-order valence-corrected chi connectivity index (χ0v) is 15.6. The molecule has 25 heavy (non-hydrogen) atoms. The maximum Gasteiger partial charge on any atom is 0.225 e. The summed E-state index contributed by atoms with van der Waals surface area (Å²) in [6.45, 7) is 3.44. The zero-order chi connectivity index (χ0) is 17.0. The Morgan fingerprint density at radius 2 is 1.84 bits per heavy atom. The first-order valence-corrected chi connectivity index (χ1v) is 9.78. The van der Waals surface area contributed by atoms with Crippen LogP contribution < -0.4 is 10.6 Å². The van der Waals surface area contributed by atoms with Gasteiger partial charge in [-0.3, -0.25) is 4.79 Å². The second-order valence-corrected chi connectivity index (χ2v) is 8.08. The Morgan fingerprint density at radius 3 is 2.44 bits per heavy atom. The Kier molecular flexibility index (Phi) is 7.21. The summed E-state index contributed by atoms with van der Waals surface area (Å²) in [5, 5.41) is 5.96. The molecule has 2 aliphatic heterocycles. The van der Waals surface area contributed by atoms with Gasteiger partial charge in [-0.05, 0) is 11.1 Å². The van der Waals surface area contributed by atoms with Crippen molar-refractivity contribution in [3.63, 3.8) is 0 Å². The minimum Gasteiger partial charge on any atom is -0.379 e. The van der Waals surface area contributed by atoms with E-state index in [0.717, 1.165) is 11.1 Å². The third-order valence-electron chi connectivity index (χ3n) is 4.43. The maximum absolute atomic E-state index is 12.6. The number of rotatable bonds is 6. The first-order chi connectivity index (χ1) is 11.6. The van der Waals surface area contributed by atoms with Crippen LogP contribution in [0.15, 0.2) is 24.3 Å². The average Bonchev–Trinajstić information content (AvgIpc) is 2.53. The molecule has 140 valence electrons. The van der Waals surface area contributed by atoms with Crippen LogP contribution in [-0.4, -0.2) is 58.0 Å². The standard InChI is InChI=1S/C16H23N3O4S.ClH/c20-16(15-9-17-10-15)18-11-13-3-1-2-4-14(13)12-24(21,22)19-5-7-23-8-6-19;/h1-4,15,17H,5-12H2,(H,18,20);1H. The lowest BCUT2D eigenvalue weighted by Gasteiger charge is -2.27. The summed E-state index contributed by atoms with van der Waals surface area (Å²) in [5.74, 6) is -0.0156. The number of halogens is 1. The third kappa shape index (κ3) is 5.15. The molecule has 1 amide bonds. The number of benzene rings is 1. The molecule has 2 N–H and O–H groups in total. The highest BCUT2D eigenvalue weighted by molar-refractivity contribution is 7.88. The summed E-state index contributed by atoms with van der Waals surface area (Å²) in [4.78, 5) is 12.0. The molecule has 2 fully saturated rings. The van der Waals surface area contributed by atoms with Crippen molar-refractivity contribution in [2.24, 2.45) is 5.92 Å². The molecule has 2 heterocycles. The molecule has 0 radical (unpaired) electrons. The number of ether oxygens (including phenoxy) is 1. The zero-order valence-electron chi connectivity index (χ0n) is 13.9. The van der Waals surface area contributed by atoms with Gasteiger partial charge < -0.3 is 15.4 Å². The number of nitrogens with one attached hydrogen (secondary N) is 2.